The lowest BCUT2D eigenvalue weighted by atomic mass is 9.92. The zero-order valence-electron chi connectivity index (χ0n) is 10.8. The minimum atomic E-state index is 0.119. The van der Waals surface area contributed by atoms with Crippen molar-refractivity contribution in [3.05, 3.63) is 28.2 Å². The lowest BCUT2D eigenvalue weighted by Gasteiger charge is -2.27. The van der Waals surface area contributed by atoms with E-state index in [-0.39, 0.29) is 11.8 Å². The summed E-state index contributed by atoms with van der Waals surface area (Å²) < 4.78 is 0.973. The van der Waals surface area contributed by atoms with Crippen LogP contribution >= 0.6 is 15.9 Å². The molecule has 2 atom stereocenters. The molecule has 0 aliphatic carbocycles. The van der Waals surface area contributed by atoms with Gasteiger partial charge in [0.1, 0.15) is 0 Å². The smallest absolute Gasteiger partial charge is 0.227 e. The lowest BCUT2D eigenvalue weighted by Crippen LogP contribution is -2.40. The highest BCUT2D eigenvalue weighted by Gasteiger charge is 2.25. The maximum atomic E-state index is 12.2. The van der Waals surface area contributed by atoms with Gasteiger partial charge in [-0.05, 0) is 60.8 Å². The summed E-state index contributed by atoms with van der Waals surface area (Å²) >= 11 is 3.52. The van der Waals surface area contributed by atoms with E-state index in [2.05, 4.69) is 33.5 Å². The second-order valence-corrected chi connectivity index (χ2v) is 5.80. The number of piperidine rings is 1. The van der Waals surface area contributed by atoms with E-state index in [0.29, 0.717) is 6.04 Å². The fraction of sp³-hybridized carbons (Fsp3) is 0.500. The molecule has 1 aromatic carbocycles. The number of rotatable bonds is 2. The summed E-state index contributed by atoms with van der Waals surface area (Å²) in [5.74, 6) is 0.253. The van der Waals surface area contributed by atoms with E-state index in [1.165, 1.54) is 0 Å². The Hall–Kier alpha value is -0.870. The van der Waals surface area contributed by atoms with Crippen molar-refractivity contribution in [2.45, 2.75) is 32.7 Å². The van der Waals surface area contributed by atoms with Crippen LogP contribution in [-0.4, -0.2) is 18.5 Å². The molecule has 1 aromatic rings. The third kappa shape index (κ3) is 3.12. The maximum Gasteiger partial charge on any atom is 0.227 e. The predicted octanol–water partition coefficient (Wildman–Crippen LogP) is 3.08. The minimum absolute atomic E-state index is 0.119. The quantitative estimate of drug-likeness (QED) is 0.881. The molecule has 0 saturated carbocycles. The van der Waals surface area contributed by atoms with Crippen molar-refractivity contribution in [1.29, 1.82) is 0 Å². The van der Waals surface area contributed by atoms with Gasteiger partial charge >= 0.3 is 0 Å². The van der Waals surface area contributed by atoms with E-state index in [0.717, 1.165) is 35.1 Å². The van der Waals surface area contributed by atoms with Crippen molar-refractivity contribution >= 4 is 27.5 Å². The number of hydrogen-bond acceptors (Lipinski definition) is 2. The lowest BCUT2D eigenvalue weighted by molar-refractivity contribution is -0.120. The summed E-state index contributed by atoms with van der Waals surface area (Å²) in [6, 6.07) is 6.34. The molecule has 0 aromatic heterocycles. The minimum Gasteiger partial charge on any atom is -0.325 e. The Labute approximate surface area is 116 Å². The van der Waals surface area contributed by atoms with E-state index >= 15 is 0 Å². The van der Waals surface area contributed by atoms with Crippen LogP contribution in [0.1, 0.15) is 25.3 Å². The largest absolute Gasteiger partial charge is 0.325 e. The van der Waals surface area contributed by atoms with Gasteiger partial charge in [-0.25, -0.2) is 0 Å². The van der Waals surface area contributed by atoms with E-state index in [9.17, 15) is 4.79 Å². The van der Waals surface area contributed by atoms with Gasteiger partial charge < -0.3 is 10.6 Å². The third-order valence-electron chi connectivity index (χ3n) is 3.44. The van der Waals surface area contributed by atoms with Crippen LogP contribution in [0.5, 0.6) is 0 Å². The van der Waals surface area contributed by atoms with Crippen LogP contribution in [0.2, 0.25) is 0 Å². The van der Waals surface area contributed by atoms with Crippen molar-refractivity contribution in [3.8, 4) is 0 Å². The summed E-state index contributed by atoms with van der Waals surface area (Å²) in [4.78, 5) is 12.2. The topological polar surface area (TPSA) is 41.1 Å². The number of halogens is 1. The Morgan fingerprint density at radius 2 is 2.28 bits per heavy atom. The van der Waals surface area contributed by atoms with Crippen LogP contribution in [0.4, 0.5) is 5.69 Å². The summed E-state index contributed by atoms with van der Waals surface area (Å²) in [5, 5.41) is 6.39. The zero-order chi connectivity index (χ0) is 13.1. The van der Waals surface area contributed by atoms with E-state index in [1.807, 2.05) is 25.1 Å². The molecular formula is C14H19BrN2O. The molecule has 4 heteroatoms. The van der Waals surface area contributed by atoms with Crippen molar-refractivity contribution in [2.24, 2.45) is 5.92 Å². The fourth-order valence-electron chi connectivity index (χ4n) is 2.35. The molecule has 0 spiro atoms. The number of benzene rings is 1. The summed E-state index contributed by atoms with van der Waals surface area (Å²) in [5.41, 5.74) is 2.00. The molecule has 2 N–H and O–H groups in total. The maximum absolute atomic E-state index is 12.2. The molecule has 1 fully saturated rings. The Balaban J connectivity index is 2.04. The molecule has 1 amide bonds. The first-order chi connectivity index (χ1) is 8.58. The first kappa shape index (κ1) is 13.6. The SMILES string of the molecule is Cc1cccc(NC(=O)C2CCNC(C)C2)c1Br. The van der Waals surface area contributed by atoms with Crippen LogP contribution in [-0.2, 0) is 4.79 Å². The molecule has 0 bridgehead atoms. The average molecular weight is 311 g/mol. The molecule has 1 aliphatic rings. The van der Waals surface area contributed by atoms with E-state index in [4.69, 9.17) is 0 Å². The number of anilines is 1. The van der Waals surface area contributed by atoms with Crippen LogP contribution in [0, 0.1) is 12.8 Å². The Morgan fingerprint density at radius 3 is 3.00 bits per heavy atom. The highest BCUT2D eigenvalue weighted by atomic mass is 79.9. The second-order valence-electron chi connectivity index (χ2n) is 5.00. The van der Waals surface area contributed by atoms with Gasteiger partial charge in [0.05, 0.1) is 5.69 Å². The number of aryl methyl sites for hydroxylation is 1. The molecule has 2 rings (SSSR count). The van der Waals surface area contributed by atoms with Crippen molar-refractivity contribution < 1.29 is 4.79 Å². The van der Waals surface area contributed by atoms with Crippen molar-refractivity contribution in [3.63, 3.8) is 0 Å². The molecule has 98 valence electrons. The van der Waals surface area contributed by atoms with E-state index in [1.54, 1.807) is 0 Å². The molecule has 1 saturated heterocycles. The molecule has 1 aliphatic heterocycles. The predicted molar refractivity (Wildman–Crippen MR) is 77.7 cm³/mol. The second kappa shape index (κ2) is 5.85. The number of carbonyl (C=O) groups is 1. The van der Waals surface area contributed by atoms with Gasteiger partial charge in [-0.1, -0.05) is 12.1 Å². The van der Waals surface area contributed by atoms with E-state index < -0.39 is 0 Å². The van der Waals surface area contributed by atoms with Gasteiger partial charge in [0.2, 0.25) is 5.91 Å². The van der Waals surface area contributed by atoms with Gasteiger partial charge in [0.25, 0.3) is 0 Å². The Morgan fingerprint density at radius 1 is 1.50 bits per heavy atom. The molecule has 18 heavy (non-hydrogen) atoms. The summed E-state index contributed by atoms with van der Waals surface area (Å²) in [7, 11) is 0. The molecular weight excluding hydrogens is 292 g/mol. The van der Waals surface area contributed by atoms with Gasteiger partial charge in [-0.15, -0.1) is 0 Å². The summed E-state index contributed by atoms with van der Waals surface area (Å²) in [6.45, 7) is 5.07. The van der Waals surface area contributed by atoms with Gasteiger partial charge in [0, 0.05) is 16.4 Å². The average Bonchev–Trinajstić information content (AvgIpc) is 2.35. The van der Waals surface area contributed by atoms with Crippen LogP contribution < -0.4 is 10.6 Å². The van der Waals surface area contributed by atoms with Crippen LogP contribution in [0.25, 0.3) is 0 Å². The highest BCUT2D eigenvalue weighted by Crippen LogP contribution is 2.27. The highest BCUT2D eigenvalue weighted by molar-refractivity contribution is 9.10. The molecule has 0 radical (unpaired) electrons. The number of hydrogen-bond donors (Lipinski definition) is 2. The first-order valence-corrected chi connectivity index (χ1v) is 7.16. The van der Waals surface area contributed by atoms with Crippen molar-refractivity contribution in [1.82, 2.24) is 5.32 Å². The fourth-order valence-corrected chi connectivity index (χ4v) is 2.71. The van der Waals surface area contributed by atoms with Gasteiger partial charge in [-0.3, -0.25) is 4.79 Å². The zero-order valence-corrected chi connectivity index (χ0v) is 12.4. The van der Waals surface area contributed by atoms with Gasteiger partial charge in [0.15, 0.2) is 0 Å². The normalized spacial score (nSPS) is 23.7. The summed E-state index contributed by atoms with van der Waals surface area (Å²) in [6.07, 6.45) is 1.83. The van der Waals surface area contributed by atoms with Crippen LogP contribution in [0.3, 0.4) is 0 Å². The molecule has 2 unspecified atom stereocenters. The third-order valence-corrected chi connectivity index (χ3v) is 4.50. The van der Waals surface area contributed by atoms with Crippen molar-refractivity contribution in [2.75, 3.05) is 11.9 Å². The van der Waals surface area contributed by atoms with Crippen LogP contribution in [0.15, 0.2) is 22.7 Å². The first-order valence-electron chi connectivity index (χ1n) is 6.37. The monoisotopic (exact) mass is 310 g/mol. The number of amides is 1. The molecule has 1 heterocycles. The number of nitrogens with one attached hydrogen (secondary N) is 2. The molecule has 3 nitrogen and oxygen atoms in total. The number of carbonyl (C=O) groups excluding carboxylic acids is 1. The van der Waals surface area contributed by atoms with Gasteiger partial charge in [-0.2, -0.15) is 0 Å². The Kier molecular flexibility index (Phi) is 4.40. The Bertz CT molecular complexity index is 447. The standard InChI is InChI=1S/C14H19BrN2O/c1-9-4-3-5-12(13(9)15)17-14(18)11-6-7-16-10(2)8-11/h3-5,10-11,16H,6-8H2,1-2H3,(H,17,18).